The van der Waals surface area contributed by atoms with E-state index in [0.717, 1.165) is 5.56 Å². The summed E-state index contributed by atoms with van der Waals surface area (Å²) in [4.78, 5) is 3.88. The Morgan fingerprint density at radius 3 is 2.60 bits per heavy atom. The number of sulfonamides is 1. The van der Waals surface area contributed by atoms with Gasteiger partial charge in [-0.1, -0.05) is 54.0 Å². The van der Waals surface area contributed by atoms with Crippen molar-refractivity contribution < 1.29 is 8.42 Å². The van der Waals surface area contributed by atoms with E-state index in [1.54, 1.807) is 31.2 Å². The first-order chi connectivity index (χ1) is 14.2. The first kappa shape index (κ1) is 21.8. The average Bonchev–Trinajstić information content (AvgIpc) is 2.70. The van der Waals surface area contributed by atoms with Crippen LogP contribution in [-0.4, -0.2) is 19.1 Å². The number of nitrogens with one attached hydrogen (secondary N) is 2. The number of hydrogen-bond donors (Lipinski definition) is 2. The van der Waals surface area contributed by atoms with Crippen molar-refractivity contribution in [2.24, 2.45) is 0 Å². The van der Waals surface area contributed by atoms with E-state index in [2.05, 4.69) is 22.0 Å². The van der Waals surface area contributed by atoms with Gasteiger partial charge in [0.25, 0.3) is 10.0 Å². The molecule has 8 heteroatoms. The zero-order chi connectivity index (χ0) is 21.9. The van der Waals surface area contributed by atoms with Gasteiger partial charge in [0.2, 0.25) is 0 Å². The SMILES string of the molecule is C=C=Cc1ccccc1C(=N)c1cc(S(=O)(=O)Nc2cnc(Cl)cc2C)ccc1Cl. The van der Waals surface area contributed by atoms with Gasteiger partial charge in [0.05, 0.1) is 27.5 Å². The quantitative estimate of drug-likeness (QED) is 0.282. The largest absolute Gasteiger partial charge is 0.300 e. The van der Waals surface area contributed by atoms with Gasteiger partial charge in [0.15, 0.2) is 0 Å². The molecule has 0 aliphatic rings. The second-order valence-corrected chi connectivity index (χ2v) is 8.86. The summed E-state index contributed by atoms with van der Waals surface area (Å²) in [7, 11) is -3.94. The predicted molar refractivity (Wildman–Crippen MR) is 122 cm³/mol. The van der Waals surface area contributed by atoms with Crippen LogP contribution in [0.15, 0.2) is 71.9 Å². The first-order valence-corrected chi connectivity index (χ1v) is 11.0. The van der Waals surface area contributed by atoms with Gasteiger partial charge >= 0.3 is 0 Å². The van der Waals surface area contributed by atoms with Crippen molar-refractivity contribution in [1.82, 2.24) is 4.98 Å². The van der Waals surface area contributed by atoms with Crippen molar-refractivity contribution in [2.45, 2.75) is 11.8 Å². The molecular formula is C22H17Cl2N3O2S. The lowest BCUT2D eigenvalue weighted by Crippen LogP contribution is -2.15. The Kier molecular flexibility index (Phi) is 6.44. The van der Waals surface area contributed by atoms with Crippen LogP contribution >= 0.6 is 23.2 Å². The highest BCUT2D eigenvalue weighted by Gasteiger charge is 2.20. The van der Waals surface area contributed by atoms with Crippen molar-refractivity contribution >= 4 is 50.7 Å². The highest BCUT2D eigenvalue weighted by molar-refractivity contribution is 7.92. The topological polar surface area (TPSA) is 82.9 Å². The maximum atomic E-state index is 12.9. The van der Waals surface area contributed by atoms with Crippen molar-refractivity contribution in [1.29, 1.82) is 5.41 Å². The van der Waals surface area contributed by atoms with Crippen LogP contribution in [0.1, 0.15) is 22.3 Å². The number of halogens is 2. The van der Waals surface area contributed by atoms with Crippen LogP contribution in [0, 0.1) is 12.3 Å². The smallest absolute Gasteiger partial charge is 0.261 e. The number of anilines is 1. The maximum Gasteiger partial charge on any atom is 0.261 e. The molecule has 1 aromatic heterocycles. The van der Waals surface area contributed by atoms with E-state index in [9.17, 15) is 8.42 Å². The molecule has 0 aliphatic carbocycles. The number of hydrogen-bond acceptors (Lipinski definition) is 4. The minimum atomic E-state index is -3.94. The third-order valence-corrected chi connectivity index (χ3v) is 6.23. The lowest BCUT2D eigenvalue weighted by molar-refractivity contribution is 0.601. The van der Waals surface area contributed by atoms with E-state index in [1.807, 2.05) is 12.1 Å². The monoisotopic (exact) mass is 457 g/mol. The number of aryl methyl sites for hydroxylation is 1. The van der Waals surface area contributed by atoms with Crippen molar-refractivity contribution in [3.63, 3.8) is 0 Å². The molecule has 0 unspecified atom stereocenters. The molecular weight excluding hydrogens is 441 g/mol. The number of rotatable bonds is 6. The molecule has 0 radical (unpaired) electrons. The van der Waals surface area contributed by atoms with Gasteiger partial charge in [-0.2, -0.15) is 0 Å². The zero-order valence-electron chi connectivity index (χ0n) is 15.9. The minimum absolute atomic E-state index is 0.0299. The van der Waals surface area contributed by atoms with Crippen LogP contribution in [0.25, 0.3) is 6.08 Å². The van der Waals surface area contributed by atoms with E-state index < -0.39 is 10.0 Å². The number of nitrogens with zero attached hydrogens (tertiary/aromatic N) is 1. The maximum absolute atomic E-state index is 12.9. The first-order valence-electron chi connectivity index (χ1n) is 8.71. The Morgan fingerprint density at radius 1 is 1.17 bits per heavy atom. The standard InChI is InChI=1S/C22H17Cl2N3O2S/c1-3-6-15-7-4-5-8-17(15)22(25)18-12-16(9-10-19(18)23)30(28,29)27-20-13-26-21(24)11-14(20)2/h4-13,25,27H,1H2,2H3. The fourth-order valence-corrected chi connectivity index (χ4v) is 4.37. The molecule has 2 aromatic carbocycles. The lowest BCUT2D eigenvalue weighted by Gasteiger charge is -2.13. The summed E-state index contributed by atoms with van der Waals surface area (Å²) in [5, 5.41) is 9.15. The van der Waals surface area contributed by atoms with Crippen LogP contribution in [0.2, 0.25) is 10.2 Å². The van der Waals surface area contributed by atoms with Crippen molar-refractivity contribution in [3.8, 4) is 0 Å². The summed E-state index contributed by atoms with van der Waals surface area (Å²) in [5.41, 5.74) is 5.31. The van der Waals surface area contributed by atoms with Gasteiger partial charge in [-0.3, -0.25) is 10.1 Å². The molecule has 0 saturated heterocycles. The predicted octanol–water partition coefficient (Wildman–Crippen LogP) is 5.71. The molecule has 0 fully saturated rings. The van der Waals surface area contributed by atoms with Crippen LogP contribution in [0.4, 0.5) is 5.69 Å². The van der Waals surface area contributed by atoms with Gasteiger partial charge in [-0.15, -0.1) is 5.73 Å². The lowest BCUT2D eigenvalue weighted by atomic mass is 9.97. The van der Waals surface area contributed by atoms with Gasteiger partial charge in [0, 0.05) is 11.1 Å². The zero-order valence-corrected chi connectivity index (χ0v) is 18.2. The Labute approximate surface area is 185 Å². The number of benzene rings is 2. The third-order valence-electron chi connectivity index (χ3n) is 4.33. The summed E-state index contributed by atoms with van der Waals surface area (Å²) in [6.07, 6.45) is 3.00. The Hall–Kier alpha value is -2.89. The highest BCUT2D eigenvalue weighted by atomic mass is 35.5. The summed E-state index contributed by atoms with van der Waals surface area (Å²) >= 11 is 12.1. The molecule has 30 heavy (non-hydrogen) atoms. The number of pyridine rings is 1. The molecule has 0 saturated carbocycles. The Bertz CT molecular complexity index is 1300. The van der Waals surface area contributed by atoms with Crippen molar-refractivity contribution in [2.75, 3.05) is 4.72 Å². The summed E-state index contributed by atoms with van der Waals surface area (Å²) in [5.74, 6) is 0. The van der Waals surface area contributed by atoms with Crippen LogP contribution in [-0.2, 0) is 10.0 Å². The second kappa shape index (κ2) is 8.86. The van der Waals surface area contributed by atoms with E-state index in [0.29, 0.717) is 16.8 Å². The average molecular weight is 458 g/mol. The molecule has 0 aliphatic heterocycles. The van der Waals surface area contributed by atoms with Crippen LogP contribution in [0.3, 0.4) is 0 Å². The summed E-state index contributed by atoms with van der Waals surface area (Å²) in [6.45, 7) is 5.29. The Morgan fingerprint density at radius 2 is 1.90 bits per heavy atom. The number of aromatic nitrogens is 1. The van der Waals surface area contributed by atoms with Gasteiger partial charge < -0.3 is 0 Å². The summed E-state index contributed by atoms with van der Waals surface area (Å²) < 4.78 is 28.3. The fourth-order valence-electron chi connectivity index (χ4n) is 2.80. The van der Waals surface area contributed by atoms with Crippen molar-refractivity contribution in [3.05, 3.63) is 99.5 Å². The molecule has 0 amide bonds. The normalized spacial score (nSPS) is 10.9. The molecule has 2 N–H and O–H groups in total. The van der Waals surface area contributed by atoms with Gasteiger partial charge in [0.1, 0.15) is 5.15 Å². The summed E-state index contributed by atoms with van der Waals surface area (Å²) in [6, 6.07) is 13.0. The molecule has 0 atom stereocenters. The highest BCUT2D eigenvalue weighted by Crippen LogP contribution is 2.27. The third kappa shape index (κ3) is 4.64. The molecule has 5 nitrogen and oxygen atoms in total. The molecule has 3 aromatic rings. The van der Waals surface area contributed by atoms with E-state index in [4.69, 9.17) is 28.6 Å². The van der Waals surface area contributed by atoms with Crippen LogP contribution in [0.5, 0.6) is 0 Å². The Balaban J connectivity index is 2.03. The van der Waals surface area contributed by atoms with Gasteiger partial charge in [-0.05, 0) is 48.4 Å². The fraction of sp³-hybridized carbons (Fsp3) is 0.0455. The van der Waals surface area contributed by atoms with E-state index in [1.165, 1.54) is 24.4 Å². The minimum Gasteiger partial charge on any atom is -0.300 e. The molecule has 0 bridgehead atoms. The molecule has 1 heterocycles. The molecule has 3 rings (SSSR count). The van der Waals surface area contributed by atoms with Gasteiger partial charge in [-0.25, -0.2) is 13.4 Å². The van der Waals surface area contributed by atoms with E-state index >= 15 is 0 Å². The second-order valence-electron chi connectivity index (χ2n) is 6.38. The van der Waals surface area contributed by atoms with E-state index in [-0.39, 0.29) is 26.3 Å². The van der Waals surface area contributed by atoms with Crippen LogP contribution < -0.4 is 4.72 Å². The molecule has 152 valence electrons. The molecule has 0 spiro atoms.